The number of nitrogens with one attached hydrogen (secondary N) is 2. The summed E-state index contributed by atoms with van der Waals surface area (Å²) in [6.45, 7) is 2.83. The average molecular weight is 1430 g/mol. The summed E-state index contributed by atoms with van der Waals surface area (Å²) in [4.78, 5) is 59.2. The van der Waals surface area contributed by atoms with Gasteiger partial charge >= 0.3 is 37.4 Å². The van der Waals surface area contributed by atoms with Gasteiger partial charge in [-0.3, -0.25) is 19.6 Å². The van der Waals surface area contributed by atoms with E-state index in [9.17, 15) is 89.4 Å². The van der Waals surface area contributed by atoms with Gasteiger partial charge in [-0.15, -0.1) is 0 Å². The van der Waals surface area contributed by atoms with Crippen LogP contribution in [0.2, 0.25) is 10.0 Å². The molecule has 0 spiro atoms. The number of alkyl halides is 14. The number of hydrogen-bond acceptors (Lipinski definition) is 8. The number of hydrogen-bond donors (Lipinski definition) is 2. The highest BCUT2D eigenvalue weighted by atomic mass is 35.5. The van der Waals surface area contributed by atoms with Gasteiger partial charge in [-0.1, -0.05) is 71.7 Å². The maximum absolute atomic E-state index is 15.2. The second-order valence-corrected chi connectivity index (χ2v) is 23.0. The van der Waals surface area contributed by atoms with E-state index in [1.165, 1.54) is 38.1 Å². The molecule has 0 fully saturated rings. The molecular weight excluding hydrogens is 1380 g/mol. The molecule has 520 valence electrons. The number of carbonyl (C=O) groups excluding carboxylic acids is 4. The van der Waals surface area contributed by atoms with E-state index in [2.05, 4.69) is 30.1 Å². The van der Waals surface area contributed by atoms with E-state index in [1.54, 1.807) is 48.5 Å². The Balaban J connectivity index is 0.000000276. The van der Waals surface area contributed by atoms with E-state index in [4.69, 9.17) is 23.2 Å². The fourth-order valence-electron chi connectivity index (χ4n) is 10.3. The molecule has 2 heterocycles. The number of benzene rings is 6. The van der Waals surface area contributed by atoms with Crippen molar-refractivity contribution in [3.63, 3.8) is 0 Å². The summed E-state index contributed by atoms with van der Waals surface area (Å²) >= 11 is 12.1. The Morgan fingerprint density at radius 1 is 0.469 bits per heavy atom. The standard InChI is InChI=1S/2C34H26ClF9N2O3/c1-19(47)4-2-5-20-6-3-7-21(12-20)17-32(29-11-9-24(35)18-45-29,23-14-25(36)16-26(15-23)49-34(43,44)31(38)39)46-30(48)22-8-10-28(37)27(13-22)33(40,41)42;1-19(47)5-4-8-20-6-2-3-7-22(20)17-32(29-12-10-24(35)18-45-29,23-14-25(36)16-26(15-23)49-34(43,44)31(38)39)46-30(48)21-9-11-28(37)27(13-21)33(40,41)42/h3,6-16,18,31H,2,4-5,17H2,1H3,(H,46,48);2-3,6-7,9-16,18,31H,4-5,8,17H2,1H3,(H,46,48)/t2*32-/m00/s1. The lowest BCUT2D eigenvalue weighted by atomic mass is 9.78. The van der Waals surface area contributed by atoms with Crippen LogP contribution in [0.25, 0.3) is 0 Å². The van der Waals surface area contributed by atoms with Crippen LogP contribution >= 0.6 is 23.2 Å². The fourth-order valence-corrected chi connectivity index (χ4v) is 10.5. The summed E-state index contributed by atoms with van der Waals surface area (Å²) in [5.74, 6) is -10.7. The number of ether oxygens (including phenoxy) is 2. The molecule has 0 bridgehead atoms. The molecule has 2 aromatic heterocycles. The first-order valence-electron chi connectivity index (χ1n) is 28.9. The van der Waals surface area contributed by atoms with E-state index in [0.717, 1.165) is 54.4 Å². The van der Waals surface area contributed by atoms with Gasteiger partial charge in [-0.25, -0.2) is 17.6 Å². The van der Waals surface area contributed by atoms with Crippen molar-refractivity contribution in [2.75, 3.05) is 0 Å². The molecule has 30 heteroatoms. The Morgan fingerprint density at radius 2 is 0.888 bits per heavy atom. The van der Waals surface area contributed by atoms with Crippen LogP contribution in [0.4, 0.5) is 79.0 Å². The largest absolute Gasteiger partial charge is 0.461 e. The number of ketones is 2. The molecule has 2 amide bonds. The Kier molecular flexibility index (Phi) is 24.5. The molecule has 0 unspecified atom stereocenters. The molecular formula is C68H52Cl2F18N4O6. The SMILES string of the molecule is CC(=O)CCCc1cccc(C[C@](NC(=O)c2ccc(F)c(C(F)(F)F)c2)(c2cc(F)cc(OC(F)(F)C(F)F)c2)c2ccc(Cl)cn2)c1.CC(=O)CCCc1ccccc1C[C@](NC(=O)c1ccc(F)c(C(F)(F)F)c1)(c1cc(F)cc(OC(F)(F)C(F)F)c1)c1ccc(Cl)cn1. The summed E-state index contributed by atoms with van der Waals surface area (Å²) in [7, 11) is 0. The molecule has 0 aliphatic rings. The number of nitrogens with zero attached hydrogens (tertiary/aromatic N) is 2. The molecule has 0 saturated heterocycles. The van der Waals surface area contributed by atoms with Crippen molar-refractivity contribution in [3.8, 4) is 11.5 Å². The smallest absolute Gasteiger partial charge is 0.428 e. The predicted octanol–water partition coefficient (Wildman–Crippen LogP) is 18.2. The van der Waals surface area contributed by atoms with Crippen molar-refractivity contribution >= 4 is 46.6 Å². The first-order chi connectivity index (χ1) is 45.8. The molecule has 0 aliphatic carbocycles. The van der Waals surface area contributed by atoms with E-state index in [1.807, 2.05) is 0 Å². The number of aryl methyl sites for hydroxylation is 2. The van der Waals surface area contributed by atoms with Gasteiger partial charge in [0.15, 0.2) is 0 Å². The van der Waals surface area contributed by atoms with Crippen molar-refractivity contribution in [2.24, 2.45) is 0 Å². The van der Waals surface area contributed by atoms with E-state index in [-0.39, 0.29) is 70.8 Å². The second kappa shape index (κ2) is 31.6. The number of pyridine rings is 2. The highest BCUT2D eigenvalue weighted by Gasteiger charge is 2.48. The zero-order valence-corrected chi connectivity index (χ0v) is 52.2. The maximum atomic E-state index is 15.2. The highest BCUT2D eigenvalue weighted by molar-refractivity contribution is 6.30. The summed E-state index contributed by atoms with van der Waals surface area (Å²) in [6.07, 6.45) is -25.5. The molecule has 0 aliphatic heterocycles. The van der Waals surface area contributed by atoms with Crippen LogP contribution in [-0.2, 0) is 58.7 Å². The number of halogens is 20. The lowest BCUT2D eigenvalue weighted by Gasteiger charge is -2.36. The molecule has 8 rings (SSSR count). The highest BCUT2D eigenvalue weighted by Crippen LogP contribution is 2.42. The van der Waals surface area contributed by atoms with Crippen LogP contribution in [0, 0.1) is 23.3 Å². The molecule has 8 aromatic rings. The lowest BCUT2D eigenvalue weighted by Crippen LogP contribution is -2.49. The molecule has 98 heavy (non-hydrogen) atoms. The fraction of sp³-hybridized carbons (Fsp3) is 0.265. The van der Waals surface area contributed by atoms with Gasteiger partial charge in [0.1, 0.15) is 57.4 Å². The monoisotopic (exact) mass is 1430 g/mol. The second-order valence-electron chi connectivity index (χ2n) is 22.2. The molecule has 0 radical (unpaired) electrons. The Bertz CT molecular complexity index is 4160. The van der Waals surface area contributed by atoms with Gasteiger partial charge in [0.2, 0.25) is 0 Å². The topological polar surface area (TPSA) is 137 Å². The summed E-state index contributed by atoms with van der Waals surface area (Å²) in [5.41, 5.74) is -8.11. The third-order valence-corrected chi connectivity index (χ3v) is 15.2. The molecule has 6 aromatic carbocycles. The minimum absolute atomic E-state index is 0.0392. The van der Waals surface area contributed by atoms with E-state index >= 15 is 8.78 Å². The van der Waals surface area contributed by atoms with Crippen LogP contribution in [-0.4, -0.2) is 58.4 Å². The van der Waals surface area contributed by atoms with Crippen molar-refractivity contribution < 1.29 is 108 Å². The van der Waals surface area contributed by atoms with Crippen molar-refractivity contribution in [1.29, 1.82) is 0 Å². The molecule has 2 N–H and O–H groups in total. The minimum Gasteiger partial charge on any atom is -0.428 e. The molecule has 10 nitrogen and oxygen atoms in total. The van der Waals surface area contributed by atoms with E-state index < -0.39 is 128 Å². The Hall–Kier alpha value is -9.18. The third kappa shape index (κ3) is 19.8. The first-order valence-corrected chi connectivity index (χ1v) is 29.6. The zero-order chi connectivity index (χ0) is 72.3. The predicted molar refractivity (Wildman–Crippen MR) is 321 cm³/mol. The Morgan fingerprint density at radius 3 is 1.30 bits per heavy atom. The summed E-state index contributed by atoms with van der Waals surface area (Å²) in [6, 6.07) is 25.0. The van der Waals surface area contributed by atoms with Gasteiger partial charge in [0, 0.05) is 61.3 Å². The zero-order valence-electron chi connectivity index (χ0n) is 50.7. The summed E-state index contributed by atoms with van der Waals surface area (Å²) in [5, 5.41) is 5.24. The number of rotatable bonds is 26. The number of carbonyl (C=O) groups is 4. The molecule has 0 saturated carbocycles. The van der Waals surface area contributed by atoms with Gasteiger partial charge in [0.25, 0.3) is 11.8 Å². The van der Waals surface area contributed by atoms with Gasteiger partial charge in [0.05, 0.1) is 32.6 Å². The number of amides is 2. The number of aromatic nitrogens is 2. The van der Waals surface area contributed by atoms with Gasteiger partial charge < -0.3 is 29.7 Å². The normalized spacial score (nSPS) is 13.2. The maximum Gasteiger partial charge on any atom is 0.461 e. The Labute approximate surface area is 556 Å². The quantitative estimate of drug-likeness (QED) is 0.0512. The number of Topliss-reactive ketones (excluding diaryl/α,β-unsaturated/α-hetero) is 2. The van der Waals surface area contributed by atoms with E-state index in [0.29, 0.717) is 66.6 Å². The lowest BCUT2D eigenvalue weighted by molar-refractivity contribution is -0.253. The third-order valence-electron chi connectivity index (χ3n) is 14.8. The van der Waals surface area contributed by atoms with Gasteiger partial charge in [-0.05, 0) is 158 Å². The minimum atomic E-state index is -5.20. The van der Waals surface area contributed by atoms with Crippen LogP contribution in [0.5, 0.6) is 11.5 Å². The summed E-state index contributed by atoms with van der Waals surface area (Å²) < 4.78 is 256. The van der Waals surface area contributed by atoms with Gasteiger partial charge in [-0.2, -0.15) is 61.5 Å². The average Bonchev–Trinajstić information content (AvgIpc) is 0.763. The molecule has 2 atom stereocenters. The van der Waals surface area contributed by atoms with Crippen molar-refractivity contribution in [3.05, 3.63) is 258 Å². The van der Waals surface area contributed by atoms with Crippen LogP contribution in [0.3, 0.4) is 0 Å². The van der Waals surface area contributed by atoms with Crippen LogP contribution in [0.15, 0.2) is 158 Å². The van der Waals surface area contributed by atoms with Crippen LogP contribution < -0.4 is 20.1 Å². The van der Waals surface area contributed by atoms with Crippen LogP contribution in [0.1, 0.15) is 116 Å². The van der Waals surface area contributed by atoms with Crippen molar-refractivity contribution in [2.45, 2.75) is 114 Å². The van der Waals surface area contributed by atoms with Crippen molar-refractivity contribution in [1.82, 2.24) is 20.6 Å². The first kappa shape index (κ1) is 76.2.